The molecule has 3 aromatic rings. The number of carbonyl (C=O) groups is 1. The van der Waals surface area contributed by atoms with E-state index in [-0.39, 0.29) is 22.3 Å². The number of nitrogens with one attached hydrogen (secondary N) is 1. The van der Waals surface area contributed by atoms with Crippen LogP contribution in [0.2, 0.25) is 0 Å². The molecule has 1 atom stereocenters. The van der Waals surface area contributed by atoms with Crippen LogP contribution in [0.3, 0.4) is 0 Å². The Kier molecular flexibility index (Phi) is 6.11. The summed E-state index contributed by atoms with van der Waals surface area (Å²) in [7, 11) is -3.77. The van der Waals surface area contributed by atoms with Gasteiger partial charge in [0.15, 0.2) is 9.84 Å². The number of nitro groups is 1. The van der Waals surface area contributed by atoms with Crippen molar-refractivity contribution in [2.45, 2.75) is 24.8 Å². The number of sulfone groups is 1. The van der Waals surface area contributed by atoms with Crippen molar-refractivity contribution in [2.24, 2.45) is 5.92 Å². The van der Waals surface area contributed by atoms with E-state index in [1.807, 2.05) is 13.8 Å². The summed E-state index contributed by atoms with van der Waals surface area (Å²) in [4.78, 5) is 31.2. The summed E-state index contributed by atoms with van der Waals surface area (Å²) in [6, 6.07) is 5.70. The molecule has 0 fully saturated rings. The number of rotatable bonds is 7. The van der Waals surface area contributed by atoms with Crippen molar-refractivity contribution in [3.63, 3.8) is 0 Å². The molecule has 0 aliphatic carbocycles. The Bertz CT molecular complexity index is 1220. The highest BCUT2D eigenvalue weighted by Gasteiger charge is 2.27. The first-order valence-corrected chi connectivity index (χ1v) is 11.0. The molecule has 0 spiro atoms. The fraction of sp³-hybridized carbons (Fsp3) is 0.263. The predicted octanol–water partition coefficient (Wildman–Crippen LogP) is 2.57. The topological polar surface area (TPSA) is 158 Å². The van der Waals surface area contributed by atoms with Gasteiger partial charge in [0.2, 0.25) is 11.7 Å². The highest BCUT2D eigenvalue weighted by atomic mass is 32.2. The predicted molar refractivity (Wildman–Crippen MR) is 109 cm³/mol. The van der Waals surface area contributed by atoms with Crippen molar-refractivity contribution >= 4 is 21.4 Å². The molecule has 162 valence electrons. The fourth-order valence-corrected chi connectivity index (χ4v) is 3.43. The molecular formula is C19H19N5O6S. The van der Waals surface area contributed by atoms with Crippen LogP contribution in [0.25, 0.3) is 11.4 Å². The number of hydrogen-bond donors (Lipinski definition) is 1. The summed E-state index contributed by atoms with van der Waals surface area (Å²) < 4.78 is 29.1. The van der Waals surface area contributed by atoms with E-state index in [2.05, 4.69) is 20.4 Å². The number of amides is 1. The van der Waals surface area contributed by atoms with Crippen molar-refractivity contribution in [3.8, 4) is 11.4 Å². The maximum Gasteiger partial charge on any atom is 0.271 e. The van der Waals surface area contributed by atoms with E-state index in [0.29, 0.717) is 11.4 Å². The molecule has 12 heteroatoms. The molecule has 11 nitrogen and oxygen atoms in total. The molecule has 3 rings (SSSR count). The molecule has 1 amide bonds. The molecule has 1 unspecified atom stereocenters. The molecule has 1 N–H and O–H groups in total. The lowest BCUT2D eigenvalue weighted by molar-refractivity contribution is -0.385. The Morgan fingerprint density at radius 3 is 2.45 bits per heavy atom. The van der Waals surface area contributed by atoms with Gasteiger partial charge < -0.3 is 9.84 Å². The zero-order valence-electron chi connectivity index (χ0n) is 16.8. The van der Waals surface area contributed by atoms with Gasteiger partial charge >= 0.3 is 0 Å². The van der Waals surface area contributed by atoms with Gasteiger partial charge in [0.1, 0.15) is 6.04 Å². The Hall–Kier alpha value is -3.67. The van der Waals surface area contributed by atoms with E-state index in [1.165, 1.54) is 0 Å². The molecule has 0 aliphatic heterocycles. The average Bonchev–Trinajstić information content (AvgIpc) is 3.21. The van der Waals surface area contributed by atoms with Gasteiger partial charge in [-0.1, -0.05) is 19.0 Å². The van der Waals surface area contributed by atoms with Crippen molar-refractivity contribution < 1.29 is 22.7 Å². The van der Waals surface area contributed by atoms with E-state index in [1.54, 1.807) is 24.5 Å². The van der Waals surface area contributed by atoms with Crippen LogP contribution in [0.1, 0.15) is 36.1 Å². The van der Waals surface area contributed by atoms with E-state index in [9.17, 15) is 23.3 Å². The molecule has 0 aliphatic rings. The molecule has 2 aromatic heterocycles. The maximum absolute atomic E-state index is 12.8. The first-order valence-electron chi connectivity index (χ1n) is 9.10. The average molecular weight is 445 g/mol. The summed E-state index contributed by atoms with van der Waals surface area (Å²) in [5.74, 6) is -0.435. The largest absolute Gasteiger partial charge is 0.340 e. The molecule has 0 bridgehead atoms. The van der Waals surface area contributed by atoms with Gasteiger partial charge in [-0.2, -0.15) is 4.98 Å². The number of non-ortho nitro benzene ring substituents is 1. The van der Waals surface area contributed by atoms with Gasteiger partial charge in [0.25, 0.3) is 11.6 Å². The van der Waals surface area contributed by atoms with Crippen LogP contribution >= 0.6 is 0 Å². The molecule has 0 saturated carbocycles. The molecule has 0 saturated heterocycles. The first-order chi connectivity index (χ1) is 14.6. The smallest absolute Gasteiger partial charge is 0.271 e. The van der Waals surface area contributed by atoms with Crippen molar-refractivity contribution in [1.82, 2.24) is 20.4 Å². The number of nitrogens with zero attached hydrogens (tertiary/aromatic N) is 4. The minimum Gasteiger partial charge on any atom is -0.340 e. The van der Waals surface area contributed by atoms with Gasteiger partial charge in [0, 0.05) is 41.9 Å². The lowest BCUT2D eigenvalue weighted by Gasteiger charge is -2.18. The first kappa shape index (κ1) is 22.0. The third-order valence-electron chi connectivity index (χ3n) is 4.39. The van der Waals surface area contributed by atoms with Crippen LogP contribution in [0.5, 0.6) is 0 Å². The number of carbonyl (C=O) groups excluding carboxylic acids is 1. The monoisotopic (exact) mass is 445 g/mol. The van der Waals surface area contributed by atoms with Crippen molar-refractivity contribution in [1.29, 1.82) is 0 Å². The summed E-state index contributed by atoms with van der Waals surface area (Å²) >= 11 is 0. The molecule has 2 heterocycles. The van der Waals surface area contributed by atoms with E-state index in [4.69, 9.17) is 4.52 Å². The van der Waals surface area contributed by atoms with Gasteiger partial charge in [0.05, 0.1) is 9.82 Å². The van der Waals surface area contributed by atoms with Crippen LogP contribution in [-0.4, -0.2) is 40.6 Å². The van der Waals surface area contributed by atoms with E-state index >= 15 is 0 Å². The highest BCUT2D eigenvalue weighted by Crippen LogP contribution is 2.25. The molecular weight excluding hydrogens is 426 g/mol. The lowest BCUT2D eigenvalue weighted by atomic mass is 10.0. The van der Waals surface area contributed by atoms with Crippen LogP contribution in [0.4, 0.5) is 5.69 Å². The SMILES string of the molecule is CC(C)C(NC(=O)c1cc([N+](=O)[O-])cc(S(C)(=O)=O)c1)c1nc(-c2ccncc2)no1. The van der Waals surface area contributed by atoms with Crippen molar-refractivity contribution in [2.75, 3.05) is 6.26 Å². The number of pyridine rings is 1. The Labute approximate surface area is 177 Å². The zero-order chi connectivity index (χ0) is 22.8. The summed E-state index contributed by atoms with van der Waals surface area (Å²) in [5.41, 5.74) is -0.00334. The number of hydrogen-bond acceptors (Lipinski definition) is 9. The lowest BCUT2D eigenvalue weighted by Crippen LogP contribution is -2.32. The second kappa shape index (κ2) is 8.60. The van der Waals surface area contributed by atoms with Crippen molar-refractivity contribution in [3.05, 3.63) is 64.3 Å². The van der Waals surface area contributed by atoms with E-state index < -0.39 is 32.4 Å². The van der Waals surface area contributed by atoms with Gasteiger partial charge in [-0.05, 0) is 24.1 Å². The Morgan fingerprint density at radius 1 is 1.19 bits per heavy atom. The third kappa shape index (κ3) is 5.09. The number of nitro benzene ring substituents is 1. The fourth-order valence-electron chi connectivity index (χ4n) is 2.75. The van der Waals surface area contributed by atoms with Gasteiger partial charge in [-0.3, -0.25) is 19.9 Å². The Morgan fingerprint density at radius 2 is 1.87 bits per heavy atom. The number of aromatic nitrogens is 3. The summed E-state index contributed by atoms with van der Waals surface area (Å²) in [6.07, 6.45) is 4.06. The zero-order valence-corrected chi connectivity index (χ0v) is 17.7. The highest BCUT2D eigenvalue weighted by molar-refractivity contribution is 7.90. The second-order valence-corrected chi connectivity index (χ2v) is 9.15. The maximum atomic E-state index is 12.8. The summed E-state index contributed by atoms with van der Waals surface area (Å²) in [6.45, 7) is 3.63. The molecule has 0 radical (unpaired) electrons. The number of benzene rings is 1. The standard InChI is InChI=1S/C19H19N5O6S/c1-11(2)16(19-22-17(23-30-19)12-4-6-20-7-5-12)21-18(25)13-8-14(24(26)27)10-15(9-13)31(3,28)29/h4-11,16H,1-3H3,(H,21,25). The third-order valence-corrected chi connectivity index (χ3v) is 5.48. The van der Waals surface area contributed by atoms with Gasteiger partial charge in [-0.25, -0.2) is 8.42 Å². The van der Waals surface area contributed by atoms with Crippen LogP contribution in [0.15, 0.2) is 52.1 Å². The van der Waals surface area contributed by atoms with Gasteiger partial charge in [-0.15, -0.1) is 0 Å². The normalized spacial score (nSPS) is 12.5. The minimum absolute atomic E-state index is 0.143. The van der Waals surface area contributed by atoms with Crippen LogP contribution in [0, 0.1) is 16.0 Å². The minimum atomic E-state index is -3.77. The Balaban J connectivity index is 1.92. The van der Waals surface area contributed by atoms with E-state index in [0.717, 1.165) is 24.5 Å². The summed E-state index contributed by atoms with van der Waals surface area (Å²) in [5, 5.41) is 17.8. The van der Waals surface area contributed by atoms with Crippen LogP contribution in [-0.2, 0) is 9.84 Å². The van der Waals surface area contributed by atoms with Crippen LogP contribution < -0.4 is 5.32 Å². The quantitative estimate of drug-likeness (QED) is 0.426. The molecule has 1 aromatic carbocycles. The second-order valence-electron chi connectivity index (χ2n) is 7.13. The molecule has 31 heavy (non-hydrogen) atoms.